The Morgan fingerprint density at radius 1 is 0.478 bits per heavy atom. The normalized spacial score (nSPS) is 19.7. The molecule has 9 heteroatoms. The van der Waals surface area contributed by atoms with Crippen molar-refractivity contribution in [3.63, 3.8) is 0 Å². The molecule has 6 N–H and O–H groups in total. The van der Waals surface area contributed by atoms with E-state index in [4.69, 9.17) is 9.47 Å². The molecule has 0 aromatic rings. The summed E-state index contributed by atoms with van der Waals surface area (Å²) in [5.41, 5.74) is 0. The van der Waals surface area contributed by atoms with Gasteiger partial charge in [0.05, 0.1) is 25.4 Å². The number of amides is 1. The molecule has 0 aromatic carbocycles. The maximum Gasteiger partial charge on any atom is 0.220 e. The third-order valence-electron chi connectivity index (χ3n) is 14.2. The van der Waals surface area contributed by atoms with Crippen LogP contribution < -0.4 is 5.32 Å². The number of hydrogen-bond acceptors (Lipinski definition) is 8. The zero-order valence-corrected chi connectivity index (χ0v) is 45.1. The van der Waals surface area contributed by atoms with Crippen LogP contribution >= 0.6 is 0 Å². The molecule has 1 rings (SSSR count). The minimum Gasteiger partial charge on any atom is -0.394 e. The van der Waals surface area contributed by atoms with E-state index in [0.717, 1.165) is 57.8 Å². The molecule has 0 spiro atoms. The van der Waals surface area contributed by atoms with Gasteiger partial charge in [0.25, 0.3) is 0 Å². The number of rotatable bonds is 51. The highest BCUT2D eigenvalue weighted by atomic mass is 16.7. The van der Waals surface area contributed by atoms with Gasteiger partial charge in [-0.25, -0.2) is 0 Å². The van der Waals surface area contributed by atoms with Crippen LogP contribution in [-0.4, -0.2) is 87.5 Å². The fourth-order valence-corrected chi connectivity index (χ4v) is 9.46. The van der Waals surface area contributed by atoms with Crippen molar-refractivity contribution in [1.82, 2.24) is 5.32 Å². The summed E-state index contributed by atoms with van der Waals surface area (Å²) in [6.45, 7) is 3.77. The van der Waals surface area contributed by atoms with Crippen LogP contribution in [0.4, 0.5) is 0 Å². The molecule has 1 amide bonds. The van der Waals surface area contributed by atoms with E-state index in [1.165, 1.54) is 205 Å². The van der Waals surface area contributed by atoms with E-state index in [2.05, 4.69) is 43.5 Å². The molecule has 0 aromatic heterocycles. The highest BCUT2D eigenvalue weighted by molar-refractivity contribution is 5.76. The number of hydrogen-bond donors (Lipinski definition) is 6. The number of allylic oxidation sites excluding steroid dienone is 5. The lowest BCUT2D eigenvalue weighted by Gasteiger charge is -2.40. The average Bonchev–Trinajstić information content (AvgIpc) is 3.35. The molecule has 1 aliphatic heterocycles. The van der Waals surface area contributed by atoms with Crippen molar-refractivity contribution >= 4 is 5.91 Å². The second-order valence-electron chi connectivity index (χ2n) is 20.8. The van der Waals surface area contributed by atoms with Crippen molar-refractivity contribution < 1.29 is 39.8 Å². The first-order chi connectivity index (χ1) is 33.8. The van der Waals surface area contributed by atoms with Gasteiger partial charge in [0, 0.05) is 6.42 Å². The summed E-state index contributed by atoms with van der Waals surface area (Å²) in [6.07, 6.45) is 58.1. The van der Waals surface area contributed by atoms with Crippen molar-refractivity contribution in [2.24, 2.45) is 0 Å². The van der Waals surface area contributed by atoms with E-state index in [1.54, 1.807) is 6.08 Å². The third kappa shape index (κ3) is 39.6. The average molecular weight is 977 g/mol. The second-order valence-corrected chi connectivity index (χ2v) is 20.8. The predicted octanol–water partition coefficient (Wildman–Crippen LogP) is 14.7. The molecule has 1 aliphatic rings. The monoisotopic (exact) mass is 976 g/mol. The Bertz CT molecular complexity index is 1180. The van der Waals surface area contributed by atoms with Crippen LogP contribution in [0.15, 0.2) is 36.5 Å². The molecule has 9 nitrogen and oxygen atoms in total. The van der Waals surface area contributed by atoms with Crippen LogP contribution in [-0.2, 0) is 14.3 Å². The Hall–Kier alpha value is -1.59. The lowest BCUT2D eigenvalue weighted by atomic mass is 9.99. The van der Waals surface area contributed by atoms with Crippen LogP contribution in [0, 0.1) is 0 Å². The highest BCUT2D eigenvalue weighted by Crippen LogP contribution is 2.23. The Morgan fingerprint density at radius 3 is 1.22 bits per heavy atom. The van der Waals surface area contributed by atoms with Gasteiger partial charge in [0.1, 0.15) is 24.4 Å². The van der Waals surface area contributed by atoms with Gasteiger partial charge in [-0.1, -0.05) is 256 Å². The zero-order valence-electron chi connectivity index (χ0n) is 45.1. The van der Waals surface area contributed by atoms with E-state index in [-0.39, 0.29) is 12.5 Å². The van der Waals surface area contributed by atoms with Crippen molar-refractivity contribution in [3.05, 3.63) is 36.5 Å². The zero-order chi connectivity index (χ0) is 50.1. The van der Waals surface area contributed by atoms with Crippen molar-refractivity contribution in [2.45, 2.75) is 326 Å². The third-order valence-corrected chi connectivity index (χ3v) is 14.2. The Balaban J connectivity index is 2.17. The number of carbonyl (C=O) groups excluding carboxylic acids is 1. The van der Waals surface area contributed by atoms with E-state index in [1.807, 2.05) is 6.08 Å². The van der Waals surface area contributed by atoms with Gasteiger partial charge >= 0.3 is 0 Å². The first-order valence-electron chi connectivity index (χ1n) is 29.7. The number of aliphatic hydroxyl groups excluding tert-OH is 5. The van der Waals surface area contributed by atoms with Gasteiger partial charge in [-0.3, -0.25) is 4.79 Å². The molecule has 0 aliphatic carbocycles. The van der Waals surface area contributed by atoms with Gasteiger partial charge in [0.15, 0.2) is 6.29 Å². The van der Waals surface area contributed by atoms with Gasteiger partial charge < -0.3 is 40.3 Å². The molecular weight excluding hydrogens is 863 g/mol. The molecule has 1 fully saturated rings. The Labute approximate surface area is 425 Å². The molecule has 0 bridgehead atoms. The molecule has 69 heavy (non-hydrogen) atoms. The first kappa shape index (κ1) is 65.4. The summed E-state index contributed by atoms with van der Waals surface area (Å²) in [7, 11) is 0. The molecule has 7 unspecified atom stereocenters. The molecule has 406 valence electrons. The van der Waals surface area contributed by atoms with Gasteiger partial charge in [0.2, 0.25) is 5.91 Å². The molecule has 7 atom stereocenters. The second kappa shape index (κ2) is 50.0. The Morgan fingerprint density at radius 2 is 0.826 bits per heavy atom. The fraction of sp³-hybridized carbons (Fsp3) is 0.883. The lowest BCUT2D eigenvalue weighted by Crippen LogP contribution is -2.60. The van der Waals surface area contributed by atoms with Crippen LogP contribution in [0.5, 0.6) is 0 Å². The molecule has 1 saturated heterocycles. The van der Waals surface area contributed by atoms with Gasteiger partial charge in [-0.05, 0) is 57.8 Å². The van der Waals surface area contributed by atoms with Gasteiger partial charge in [-0.2, -0.15) is 0 Å². The topological polar surface area (TPSA) is 149 Å². The largest absolute Gasteiger partial charge is 0.394 e. The highest BCUT2D eigenvalue weighted by Gasteiger charge is 2.44. The standard InChI is InChI=1S/C60H113NO8/c1-3-5-7-9-11-13-15-17-19-20-21-22-23-24-25-26-27-28-29-30-31-32-33-34-35-36-37-39-41-43-45-47-49-54(63)53(52-68-60-59(67)58(66)57(65)55(51-62)69-60)61-56(64)50-48-46-44-42-40-38-18-16-14-12-10-8-6-4-2/h16,18,39,41,47,49,53-55,57-60,62-63,65-67H,3-15,17,19-38,40,42-46,48,50-52H2,1-2H3,(H,61,64)/b18-16-,41-39+,49-47+. The van der Waals surface area contributed by atoms with Gasteiger partial charge in [-0.15, -0.1) is 0 Å². The predicted molar refractivity (Wildman–Crippen MR) is 290 cm³/mol. The summed E-state index contributed by atoms with van der Waals surface area (Å²) in [4.78, 5) is 13.0. The first-order valence-corrected chi connectivity index (χ1v) is 29.7. The minimum atomic E-state index is -1.57. The number of aliphatic hydroxyl groups is 5. The summed E-state index contributed by atoms with van der Waals surface area (Å²) in [6, 6.07) is -0.825. The van der Waals surface area contributed by atoms with Crippen molar-refractivity contribution in [1.29, 1.82) is 0 Å². The van der Waals surface area contributed by atoms with Crippen LogP contribution in [0.1, 0.15) is 284 Å². The lowest BCUT2D eigenvalue weighted by molar-refractivity contribution is -0.302. The number of unbranched alkanes of at least 4 members (excludes halogenated alkanes) is 37. The fourth-order valence-electron chi connectivity index (χ4n) is 9.46. The van der Waals surface area contributed by atoms with Crippen molar-refractivity contribution in [3.8, 4) is 0 Å². The number of nitrogens with one attached hydrogen (secondary N) is 1. The molecule has 0 radical (unpaired) electrons. The summed E-state index contributed by atoms with van der Waals surface area (Å²) < 4.78 is 11.2. The van der Waals surface area contributed by atoms with Crippen LogP contribution in [0.2, 0.25) is 0 Å². The quantitative estimate of drug-likeness (QED) is 0.0261. The maximum absolute atomic E-state index is 13.0. The van der Waals surface area contributed by atoms with Crippen LogP contribution in [0.25, 0.3) is 0 Å². The molecule has 0 saturated carbocycles. The van der Waals surface area contributed by atoms with Crippen LogP contribution in [0.3, 0.4) is 0 Å². The van der Waals surface area contributed by atoms with Crippen molar-refractivity contribution in [2.75, 3.05) is 13.2 Å². The molecular formula is C60H113NO8. The molecule has 1 heterocycles. The summed E-state index contributed by atoms with van der Waals surface area (Å²) >= 11 is 0. The van der Waals surface area contributed by atoms with E-state index >= 15 is 0 Å². The number of carbonyl (C=O) groups is 1. The summed E-state index contributed by atoms with van der Waals surface area (Å²) in [5.74, 6) is -0.194. The SMILES string of the molecule is CCCCCCC/C=C\CCCCCCCC(=O)NC(COC1OC(CO)C(O)C(O)C1O)C(O)/C=C/CC/C=C/CCCCCCCCCCCCCCCCCCCCCCCCCCCC. The summed E-state index contributed by atoms with van der Waals surface area (Å²) in [5, 5.41) is 54.4. The smallest absolute Gasteiger partial charge is 0.220 e. The Kier molecular flexibility index (Phi) is 47.4. The van der Waals surface area contributed by atoms with E-state index < -0.39 is 49.5 Å². The van der Waals surface area contributed by atoms with E-state index in [9.17, 15) is 30.3 Å². The van der Waals surface area contributed by atoms with E-state index in [0.29, 0.717) is 6.42 Å². The minimum absolute atomic E-state index is 0.194. The maximum atomic E-state index is 13.0. The number of ether oxygens (including phenoxy) is 2.